The summed E-state index contributed by atoms with van der Waals surface area (Å²) >= 11 is 0. The Morgan fingerprint density at radius 1 is 1.20 bits per heavy atom. The number of quaternary nitrogens is 1. The largest absolute Gasteiger partial charge is 0.503 e. The highest BCUT2D eigenvalue weighted by Gasteiger charge is 2.08. The molecule has 0 heterocycles. The fourth-order valence-corrected chi connectivity index (χ4v) is 1.87. The van der Waals surface area contributed by atoms with E-state index < -0.39 is 0 Å². The first-order valence-corrected chi connectivity index (χ1v) is 5.79. The van der Waals surface area contributed by atoms with E-state index in [1.165, 1.54) is 24.8 Å². The Balaban J connectivity index is 2.60. The molecule has 84 valence electrons. The highest BCUT2D eigenvalue weighted by molar-refractivity contribution is 5.51. The highest BCUT2D eigenvalue weighted by Crippen LogP contribution is 2.26. The molecule has 2 heteroatoms. The van der Waals surface area contributed by atoms with Crippen LogP contribution in [0.3, 0.4) is 0 Å². The maximum atomic E-state index is 9.82. The molecule has 0 spiro atoms. The normalized spacial score (nSPS) is 10.6. The van der Waals surface area contributed by atoms with Crippen molar-refractivity contribution in [3.8, 4) is 5.75 Å². The third-order valence-corrected chi connectivity index (χ3v) is 2.71. The van der Waals surface area contributed by atoms with Gasteiger partial charge in [-0.3, -0.25) is 0 Å². The third-order valence-electron chi connectivity index (χ3n) is 2.71. The number of rotatable bonds is 5. The zero-order chi connectivity index (χ0) is 11.3. The molecule has 0 radical (unpaired) electrons. The summed E-state index contributed by atoms with van der Waals surface area (Å²) in [4.78, 5) is 0. The molecule has 0 saturated heterocycles. The molecule has 0 amide bonds. The molecular formula is C13H22NO+. The summed E-state index contributed by atoms with van der Waals surface area (Å²) in [7, 11) is 0. The molecule has 0 bridgehead atoms. The minimum Gasteiger partial charge on any atom is -0.503 e. The number of hydrogen-bond acceptors (Lipinski definition) is 1. The SMILES string of the molecule is CCCCCCc1cc(C)cc([NH3+])c1O. The van der Waals surface area contributed by atoms with E-state index in [4.69, 9.17) is 0 Å². The van der Waals surface area contributed by atoms with Gasteiger partial charge in [0.15, 0.2) is 11.4 Å². The van der Waals surface area contributed by atoms with E-state index in [0.717, 1.165) is 24.1 Å². The summed E-state index contributed by atoms with van der Waals surface area (Å²) in [6, 6.07) is 3.99. The van der Waals surface area contributed by atoms with Crippen LogP contribution in [0.5, 0.6) is 5.75 Å². The molecule has 0 saturated carbocycles. The van der Waals surface area contributed by atoms with E-state index in [-0.39, 0.29) is 0 Å². The van der Waals surface area contributed by atoms with Crippen molar-refractivity contribution in [2.45, 2.75) is 46.0 Å². The topological polar surface area (TPSA) is 47.9 Å². The van der Waals surface area contributed by atoms with Gasteiger partial charge in [0.2, 0.25) is 0 Å². The van der Waals surface area contributed by atoms with Gasteiger partial charge in [-0.25, -0.2) is 0 Å². The van der Waals surface area contributed by atoms with Gasteiger partial charge in [-0.2, -0.15) is 0 Å². The first kappa shape index (κ1) is 12.1. The van der Waals surface area contributed by atoms with Crippen LogP contribution in [0, 0.1) is 6.92 Å². The maximum absolute atomic E-state index is 9.82. The molecular weight excluding hydrogens is 186 g/mol. The van der Waals surface area contributed by atoms with Crippen molar-refractivity contribution >= 4 is 5.69 Å². The Kier molecular flexibility index (Phi) is 4.63. The van der Waals surface area contributed by atoms with Gasteiger partial charge in [-0.1, -0.05) is 32.3 Å². The summed E-state index contributed by atoms with van der Waals surface area (Å²) in [5.41, 5.74) is 6.82. The molecule has 0 aliphatic rings. The fourth-order valence-electron chi connectivity index (χ4n) is 1.87. The van der Waals surface area contributed by atoms with E-state index in [1.54, 1.807) is 0 Å². The molecule has 1 aromatic carbocycles. The van der Waals surface area contributed by atoms with Crippen LogP contribution in [0.4, 0.5) is 5.69 Å². The molecule has 15 heavy (non-hydrogen) atoms. The first-order valence-electron chi connectivity index (χ1n) is 5.79. The molecule has 0 fully saturated rings. The molecule has 0 aliphatic heterocycles. The molecule has 0 aliphatic carbocycles. The lowest BCUT2D eigenvalue weighted by molar-refractivity contribution is -0.256. The number of aryl methyl sites for hydroxylation is 2. The summed E-state index contributed by atoms with van der Waals surface area (Å²) in [6.07, 6.45) is 5.90. The number of phenolic OH excluding ortho intramolecular Hbond substituents is 1. The van der Waals surface area contributed by atoms with Gasteiger partial charge in [-0.15, -0.1) is 0 Å². The Morgan fingerprint density at radius 2 is 1.93 bits per heavy atom. The van der Waals surface area contributed by atoms with Crippen LogP contribution in [0.2, 0.25) is 0 Å². The lowest BCUT2D eigenvalue weighted by Crippen LogP contribution is -2.40. The van der Waals surface area contributed by atoms with Crippen LogP contribution >= 0.6 is 0 Å². The van der Waals surface area contributed by atoms with Gasteiger partial charge >= 0.3 is 0 Å². The summed E-state index contributed by atoms with van der Waals surface area (Å²) < 4.78 is 0. The summed E-state index contributed by atoms with van der Waals surface area (Å²) in [6.45, 7) is 4.25. The van der Waals surface area contributed by atoms with Crippen LogP contribution in [-0.2, 0) is 6.42 Å². The number of benzene rings is 1. The third kappa shape index (κ3) is 3.56. The van der Waals surface area contributed by atoms with E-state index in [2.05, 4.69) is 18.7 Å². The van der Waals surface area contributed by atoms with Gasteiger partial charge in [0.05, 0.1) is 0 Å². The average molecular weight is 208 g/mol. The van der Waals surface area contributed by atoms with Crippen molar-refractivity contribution in [2.75, 3.05) is 0 Å². The van der Waals surface area contributed by atoms with Crippen LogP contribution < -0.4 is 5.73 Å². The Bertz CT molecular complexity index is 321. The van der Waals surface area contributed by atoms with Crippen molar-refractivity contribution in [1.82, 2.24) is 0 Å². The molecule has 1 rings (SSSR count). The quantitative estimate of drug-likeness (QED) is 0.718. The van der Waals surface area contributed by atoms with Crippen LogP contribution in [-0.4, -0.2) is 5.11 Å². The number of aromatic hydroxyl groups is 1. The van der Waals surface area contributed by atoms with Gasteiger partial charge in [-0.05, 0) is 25.3 Å². The average Bonchev–Trinajstić information content (AvgIpc) is 2.19. The Labute approximate surface area is 92.1 Å². The van der Waals surface area contributed by atoms with Crippen molar-refractivity contribution in [3.05, 3.63) is 23.3 Å². The first-order chi connectivity index (χ1) is 7.15. The fraction of sp³-hybridized carbons (Fsp3) is 0.538. The van der Waals surface area contributed by atoms with Crippen LogP contribution in [0.1, 0.15) is 43.7 Å². The lowest BCUT2D eigenvalue weighted by atomic mass is 10.0. The van der Waals surface area contributed by atoms with Crippen molar-refractivity contribution < 1.29 is 10.8 Å². The monoisotopic (exact) mass is 208 g/mol. The smallest absolute Gasteiger partial charge is 0.180 e. The summed E-state index contributed by atoms with van der Waals surface area (Å²) in [5.74, 6) is 0.386. The van der Waals surface area contributed by atoms with Crippen LogP contribution in [0.15, 0.2) is 12.1 Å². The summed E-state index contributed by atoms with van der Waals surface area (Å²) in [5, 5.41) is 9.82. The molecule has 2 nitrogen and oxygen atoms in total. The predicted octanol–water partition coefficient (Wildman–Crippen LogP) is 2.70. The molecule has 0 atom stereocenters. The highest BCUT2D eigenvalue weighted by atomic mass is 16.3. The van der Waals surface area contributed by atoms with E-state index in [9.17, 15) is 5.11 Å². The van der Waals surface area contributed by atoms with E-state index in [0.29, 0.717) is 5.75 Å². The van der Waals surface area contributed by atoms with Gasteiger partial charge in [0.25, 0.3) is 0 Å². The minimum absolute atomic E-state index is 0.386. The van der Waals surface area contributed by atoms with E-state index >= 15 is 0 Å². The molecule has 4 N–H and O–H groups in total. The zero-order valence-electron chi connectivity index (χ0n) is 9.84. The van der Waals surface area contributed by atoms with Crippen molar-refractivity contribution in [2.24, 2.45) is 0 Å². The molecule has 0 unspecified atom stereocenters. The second-order valence-corrected chi connectivity index (χ2v) is 4.24. The van der Waals surface area contributed by atoms with E-state index in [1.807, 2.05) is 13.0 Å². The Morgan fingerprint density at radius 3 is 2.60 bits per heavy atom. The second-order valence-electron chi connectivity index (χ2n) is 4.24. The van der Waals surface area contributed by atoms with Crippen molar-refractivity contribution in [1.29, 1.82) is 0 Å². The maximum Gasteiger partial charge on any atom is 0.180 e. The minimum atomic E-state index is 0.386. The van der Waals surface area contributed by atoms with Gasteiger partial charge in [0.1, 0.15) is 0 Å². The van der Waals surface area contributed by atoms with Gasteiger partial charge < -0.3 is 10.8 Å². The van der Waals surface area contributed by atoms with Crippen molar-refractivity contribution in [3.63, 3.8) is 0 Å². The number of phenols is 1. The number of unbranched alkanes of at least 4 members (excludes halogenated alkanes) is 3. The standard InChI is InChI=1S/C13H21NO/c1-3-4-5-6-7-11-8-10(2)9-12(14)13(11)15/h8-9,15H,3-7,14H2,1-2H3/p+1. The zero-order valence-corrected chi connectivity index (χ0v) is 9.84. The molecule has 1 aromatic rings. The predicted molar refractivity (Wildman–Crippen MR) is 63.2 cm³/mol. The second kappa shape index (κ2) is 5.76. The van der Waals surface area contributed by atoms with Gasteiger partial charge in [0, 0.05) is 11.6 Å². The molecule has 0 aromatic heterocycles. The van der Waals surface area contributed by atoms with Crippen LogP contribution in [0.25, 0.3) is 0 Å². The lowest BCUT2D eigenvalue weighted by Gasteiger charge is -2.06. The number of hydrogen-bond donors (Lipinski definition) is 2. The Hall–Kier alpha value is -1.02.